The van der Waals surface area contributed by atoms with Crippen LogP contribution in [-0.2, 0) is 12.6 Å². The zero-order valence-electron chi connectivity index (χ0n) is 19.4. The quantitative estimate of drug-likeness (QED) is 0.286. The van der Waals surface area contributed by atoms with Crippen molar-refractivity contribution in [3.05, 3.63) is 77.4 Å². The molecule has 0 unspecified atom stereocenters. The highest BCUT2D eigenvalue weighted by Crippen LogP contribution is 2.43. The molecule has 1 N–H and O–H groups in total. The number of rotatable bonds is 6. The fraction of sp³-hybridized carbons (Fsp3) is 0.296. The molecule has 3 aromatic rings. The Labute approximate surface area is 202 Å². The van der Waals surface area contributed by atoms with E-state index in [2.05, 4.69) is 30.3 Å². The van der Waals surface area contributed by atoms with E-state index in [0.717, 1.165) is 52.4 Å². The smallest absolute Gasteiger partial charge is 0.416 e. The summed E-state index contributed by atoms with van der Waals surface area (Å²) in [6, 6.07) is 17.3. The SMILES string of the molecule is CCOc1cc(SN2CC(C)(C)Cc3cc(-c4ccc(C(F)(F)F)cc4)ccc32)ccc1C=N. The van der Waals surface area contributed by atoms with Gasteiger partial charge in [-0.3, -0.25) is 0 Å². The maximum Gasteiger partial charge on any atom is 0.416 e. The molecule has 0 fully saturated rings. The molecule has 1 aliphatic heterocycles. The van der Waals surface area contributed by atoms with Crippen LogP contribution in [0.3, 0.4) is 0 Å². The van der Waals surface area contributed by atoms with E-state index in [9.17, 15) is 13.2 Å². The number of ether oxygens (including phenoxy) is 1. The molecule has 3 aromatic carbocycles. The zero-order valence-corrected chi connectivity index (χ0v) is 20.2. The molecule has 1 heterocycles. The summed E-state index contributed by atoms with van der Waals surface area (Å²) in [6.45, 7) is 7.74. The monoisotopic (exact) mass is 484 g/mol. The molecule has 7 heteroatoms. The van der Waals surface area contributed by atoms with Crippen LogP contribution in [0.2, 0.25) is 0 Å². The number of alkyl halides is 3. The highest BCUT2D eigenvalue weighted by molar-refractivity contribution is 8.00. The van der Waals surface area contributed by atoms with E-state index in [0.29, 0.717) is 12.4 Å². The fourth-order valence-corrected chi connectivity index (χ4v) is 5.46. The third kappa shape index (κ3) is 5.25. The van der Waals surface area contributed by atoms with Crippen molar-refractivity contribution in [3.63, 3.8) is 0 Å². The van der Waals surface area contributed by atoms with Crippen molar-refractivity contribution < 1.29 is 17.9 Å². The Morgan fingerprint density at radius 3 is 2.38 bits per heavy atom. The number of halogens is 3. The third-order valence-corrected chi connectivity index (χ3v) is 6.80. The van der Waals surface area contributed by atoms with Gasteiger partial charge in [0.15, 0.2) is 0 Å². The van der Waals surface area contributed by atoms with E-state index >= 15 is 0 Å². The Bertz CT molecular complexity index is 1190. The molecule has 34 heavy (non-hydrogen) atoms. The summed E-state index contributed by atoms with van der Waals surface area (Å²) in [7, 11) is 0. The summed E-state index contributed by atoms with van der Waals surface area (Å²) < 4.78 is 46.8. The summed E-state index contributed by atoms with van der Waals surface area (Å²) in [6.07, 6.45) is -2.17. The molecule has 3 nitrogen and oxygen atoms in total. The van der Waals surface area contributed by atoms with Crippen LogP contribution in [0, 0.1) is 10.8 Å². The number of benzene rings is 3. The minimum Gasteiger partial charge on any atom is -0.493 e. The van der Waals surface area contributed by atoms with Gasteiger partial charge in [-0.1, -0.05) is 32.0 Å². The maximum atomic E-state index is 12.9. The molecule has 0 radical (unpaired) electrons. The maximum absolute atomic E-state index is 12.9. The lowest BCUT2D eigenvalue weighted by atomic mass is 9.81. The first-order valence-electron chi connectivity index (χ1n) is 11.1. The molecule has 0 amide bonds. The number of anilines is 1. The fourth-order valence-electron chi connectivity index (χ4n) is 4.23. The molecule has 0 saturated carbocycles. The summed E-state index contributed by atoms with van der Waals surface area (Å²) in [5.41, 5.74) is 4.07. The lowest BCUT2D eigenvalue weighted by Gasteiger charge is -2.40. The lowest BCUT2D eigenvalue weighted by Crippen LogP contribution is -2.36. The molecule has 4 rings (SSSR count). The number of hydrogen-bond acceptors (Lipinski definition) is 4. The van der Waals surface area contributed by atoms with Crippen molar-refractivity contribution in [2.24, 2.45) is 5.41 Å². The van der Waals surface area contributed by atoms with Crippen LogP contribution in [0.5, 0.6) is 5.75 Å². The van der Waals surface area contributed by atoms with Gasteiger partial charge in [0.2, 0.25) is 0 Å². The van der Waals surface area contributed by atoms with Gasteiger partial charge >= 0.3 is 6.18 Å². The number of fused-ring (bicyclic) bond motifs is 1. The minimum atomic E-state index is -4.34. The van der Waals surface area contributed by atoms with Crippen molar-refractivity contribution >= 4 is 23.8 Å². The summed E-state index contributed by atoms with van der Waals surface area (Å²) in [4.78, 5) is 1.02. The van der Waals surface area contributed by atoms with E-state index in [1.807, 2.05) is 31.2 Å². The molecule has 178 valence electrons. The van der Waals surface area contributed by atoms with Crippen LogP contribution in [0.25, 0.3) is 11.1 Å². The number of nitrogens with one attached hydrogen (secondary N) is 1. The third-order valence-electron chi connectivity index (χ3n) is 5.79. The second-order valence-corrected chi connectivity index (χ2v) is 10.3. The number of nitrogens with zero attached hydrogens (tertiary/aromatic N) is 1. The first-order chi connectivity index (χ1) is 16.1. The molecule has 0 aromatic heterocycles. The minimum absolute atomic E-state index is 0.0242. The Balaban J connectivity index is 1.64. The summed E-state index contributed by atoms with van der Waals surface area (Å²) in [5.74, 6) is 0.691. The van der Waals surface area contributed by atoms with Gasteiger partial charge < -0.3 is 14.5 Å². The first-order valence-corrected chi connectivity index (χ1v) is 11.9. The van der Waals surface area contributed by atoms with E-state index in [-0.39, 0.29) is 5.41 Å². The molecular formula is C27H27F3N2OS. The van der Waals surface area contributed by atoms with Crippen molar-refractivity contribution in [1.82, 2.24) is 0 Å². The largest absolute Gasteiger partial charge is 0.493 e. The van der Waals surface area contributed by atoms with Crippen molar-refractivity contribution in [1.29, 1.82) is 5.41 Å². The van der Waals surface area contributed by atoms with E-state index in [1.165, 1.54) is 23.9 Å². The van der Waals surface area contributed by atoms with Crippen LogP contribution in [0.1, 0.15) is 37.5 Å². The van der Waals surface area contributed by atoms with Crippen LogP contribution < -0.4 is 9.04 Å². The Hall–Kier alpha value is -2.93. The predicted molar refractivity (Wildman–Crippen MR) is 133 cm³/mol. The van der Waals surface area contributed by atoms with Crippen molar-refractivity contribution in [2.45, 2.75) is 38.3 Å². The van der Waals surface area contributed by atoms with E-state index < -0.39 is 11.7 Å². The van der Waals surface area contributed by atoms with Crippen LogP contribution in [0.15, 0.2) is 65.6 Å². The molecule has 0 spiro atoms. The van der Waals surface area contributed by atoms with Crippen LogP contribution >= 0.6 is 11.9 Å². The highest BCUT2D eigenvalue weighted by Gasteiger charge is 2.32. The van der Waals surface area contributed by atoms with Crippen molar-refractivity contribution in [2.75, 3.05) is 17.5 Å². The van der Waals surface area contributed by atoms with Gasteiger partial charge in [0.1, 0.15) is 5.75 Å². The summed E-state index contributed by atoms with van der Waals surface area (Å²) >= 11 is 1.63. The van der Waals surface area contributed by atoms with Gasteiger partial charge in [0.25, 0.3) is 0 Å². The predicted octanol–water partition coefficient (Wildman–Crippen LogP) is 7.86. The van der Waals surface area contributed by atoms with E-state index in [1.54, 1.807) is 11.9 Å². The molecule has 0 saturated heterocycles. The zero-order chi connectivity index (χ0) is 24.5. The van der Waals surface area contributed by atoms with Gasteiger partial charge in [-0.15, -0.1) is 0 Å². The highest BCUT2D eigenvalue weighted by atomic mass is 32.2. The van der Waals surface area contributed by atoms with Crippen molar-refractivity contribution in [3.8, 4) is 16.9 Å². The van der Waals surface area contributed by atoms with Gasteiger partial charge in [-0.05, 0) is 89.9 Å². The molecule has 0 aliphatic carbocycles. The lowest BCUT2D eigenvalue weighted by molar-refractivity contribution is -0.137. The second-order valence-electron chi connectivity index (χ2n) is 9.16. The molecule has 0 atom stereocenters. The summed E-state index contributed by atoms with van der Waals surface area (Å²) in [5, 5.41) is 7.59. The molecule has 1 aliphatic rings. The van der Waals surface area contributed by atoms with Crippen LogP contribution in [0.4, 0.5) is 18.9 Å². The molecule has 0 bridgehead atoms. The van der Waals surface area contributed by atoms with Gasteiger partial charge in [0.05, 0.1) is 17.9 Å². The van der Waals surface area contributed by atoms with E-state index in [4.69, 9.17) is 10.1 Å². The average molecular weight is 485 g/mol. The van der Waals surface area contributed by atoms with Gasteiger partial charge in [-0.2, -0.15) is 13.2 Å². The average Bonchev–Trinajstić information content (AvgIpc) is 2.78. The van der Waals surface area contributed by atoms with Crippen LogP contribution in [-0.4, -0.2) is 19.4 Å². The Morgan fingerprint density at radius 1 is 1.03 bits per heavy atom. The molecular weight excluding hydrogens is 457 g/mol. The normalized spacial score (nSPS) is 15.1. The Kier molecular flexibility index (Phi) is 6.67. The number of hydrogen-bond donors (Lipinski definition) is 1. The Morgan fingerprint density at radius 2 is 1.74 bits per heavy atom. The second kappa shape index (κ2) is 9.37. The standard InChI is InChI=1S/C27H27F3N2OS/c1-4-33-25-14-23(11-7-20(25)16-31)34-32-17-26(2,3)15-21-13-19(8-12-24(21)32)18-5-9-22(10-6-18)27(28,29)30/h5-14,16,31H,4,15,17H2,1-3H3. The van der Waals surface area contributed by atoms with Gasteiger partial charge in [0, 0.05) is 23.2 Å². The van der Waals surface area contributed by atoms with Gasteiger partial charge in [-0.25, -0.2) is 0 Å². The topological polar surface area (TPSA) is 36.3 Å². The first kappa shape index (κ1) is 24.2.